The van der Waals surface area contributed by atoms with Gasteiger partial charge < -0.3 is 9.32 Å². The van der Waals surface area contributed by atoms with E-state index in [0.717, 1.165) is 32.7 Å². The first-order valence-corrected chi connectivity index (χ1v) is 5.81. The van der Waals surface area contributed by atoms with Gasteiger partial charge in [-0.05, 0) is 18.7 Å². The summed E-state index contributed by atoms with van der Waals surface area (Å²) in [5, 5.41) is 0. The number of hydrogen-bond donors (Lipinski definition) is 0. The van der Waals surface area contributed by atoms with Crippen molar-refractivity contribution in [2.24, 2.45) is 0 Å². The second kappa shape index (κ2) is 5.27. The quantitative estimate of drug-likeness (QED) is 0.715. The average molecular weight is 222 g/mol. The number of furan rings is 1. The molecule has 1 aromatic rings. The fraction of sp³-hybridized carbons (Fsp3) is 0.583. The lowest BCUT2D eigenvalue weighted by atomic mass is 10.2. The van der Waals surface area contributed by atoms with Gasteiger partial charge in [-0.1, -0.05) is 6.92 Å². The first-order chi connectivity index (χ1) is 7.79. The number of likely N-dealkylation sites (N-methyl/N-ethyl adjacent to an activating group) is 1. The van der Waals surface area contributed by atoms with Crippen LogP contribution in [0.5, 0.6) is 0 Å². The van der Waals surface area contributed by atoms with Gasteiger partial charge in [0.25, 0.3) is 0 Å². The zero-order valence-electron chi connectivity index (χ0n) is 9.69. The third-order valence-electron chi connectivity index (χ3n) is 3.08. The molecular formula is C12H18N2O2. The monoisotopic (exact) mass is 222 g/mol. The van der Waals surface area contributed by atoms with E-state index in [-0.39, 0.29) is 5.78 Å². The predicted molar refractivity (Wildman–Crippen MR) is 61.6 cm³/mol. The van der Waals surface area contributed by atoms with Crippen molar-refractivity contribution in [1.82, 2.24) is 9.80 Å². The average Bonchev–Trinajstić information content (AvgIpc) is 2.83. The Morgan fingerprint density at radius 3 is 2.56 bits per heavy atom. The molecule has 1 aliphatic heterocycles. The molecule has 2 rings (SSSR count). The standard InChI is InChI=1S/C12H18N2O2/c1-2-13-5-7-14(8-6-13)10-11(15)12-4-3-9-16-12/h3-4,9H,2,5-8,10H2,1H3. The van der Waals surface area contributed by atoms with Crippen LogP contribution >= 0.6 is 0 Å². The number of piperazine rings is 1. The summed E-state index contributed by atoms with van der Waals surface area (Å²) in [6, 6.07) is 3.48. The molecule has 1 saturated heterocycles. The summed E-state index contributed by atoms with van der Waals surface area (Å²) in [6.45, 7) is 7.80. The van der Waals surface area contributed by atoms with E-state index in [0.29, 0.717) is 12.3 Å². The zero-order chi connectivity index (χ0) is 11.4. The van der Waals surface area contributed by atoms with E-state index in [1.165, 1.54) is 0 Å². The molecule has 0 atom stereocenters. The highest BCUT2D eigenvalue weighted by Crippen LogP contribution is 2.05. The molecule has 1 aliphatic rings. The smallest absolute Gasteiger partial charge is 0.211 e. The van der Waals surface area contributed by atoms with Crippen LogP contribution in [0.25, 0.3) is 0 Å². The van der Waals surface area contributed by atoms with Crippen LogP contribution in [-0.2, 0) is 0 Å². The first-order valence-electron chi connectivity index (χ1n) is 5.81. The summed E-state index contributed by atoms with van der Waals surface area (Å²) in [5.74, 6) is 0.549. The molecule has 88 valence electrons. The fourth-order valence-corrected chi connectivity index (χ4v) is 1.98. The second-order valence-corrected chi connectivity index (χ2v) is 4.11. The molecule has 0 saturated carbocycles. The normalized spacial score (nSPS) is 18.8. The van der Waals surface area contributed by atoms with E-state index >= 15 is 0 Å². The van der Waals surface area contributed by atoms with Gasteiger partial charge in [-0.15, -0.1) is 0 Å². The van der Waals surface area contributed by atoms with Crippen molar-refractivity contribution in [2.45, 2.75) is 6.92 Å². The van der Waals surface area contributed by atoms with Crippen LogP contribution in [0.4, 0.5) is 0 Å². The second-order valence-electron chi connectivity index (χ2n) is 4.11. The van der Waals surface area contributed by atoms with Crippen LogP contribution in [0.3, 0.4) is 0 Å². The lowest BCUT2D eigenvalue weighted by Crippen LogP contribution is -2.47. The number of ketones is 1. The molecule has 0 N–H and O–H groups in total. The Morgan fingerprint density at radius 1 is 1.31 bits per heavy atom. The summed E-state index contributed by atoms with van der Waals surface area (Å²) in [6.07, 6.45) is 1.54. The van der Waals surface area contributed by atoms with E-state index < -0.39 is 0 Å². The van der Waals surface area contributed by atoms with Crippen molar-refractivity contribution in [3.05, 3.63) is 24.2 Å². The Bertz CT molecular complexity index is 327. The van der Waals surface area contributed by atoms with Gasteiger partial charge in [-0.25, -0.2) is 0 Å². The van der Waals surface area contributed by atoms with E-state index in [4.69, 9.17) is 4.42 Å². The molecule has 4 nitrogen and oxygen atoms in total. The summed E-state index contributed by atoms with van der Waals surface area (Å²) >= 11 is 0. The minimum absolute atomic E-state index is 0.0787. The third kappa shape index (κ3) is 2.71. The maximum Gasteiger partial charge on any atom is 0.211 e. The van der Waals surface area contributed by atoms with Crippen molar-refractivity contribution in [1.29, 1.82) is 0 Å². The molecule has 1 fully saturated rings. The fourth-order valence-electron chi connectivity index (χ4n) is 1.98. The van der Waals surface area contributed by atoms with Crippen molar-refractivity contribution in [2.75, 3.05) is 39.3 Å². The van der Waals surface area contributed by atoms with E-state index in [1.54, 1.807) is 18.4 Å². The Hall–Kier alpha value is -1.13. The molecule has 16 heavy (non-hydrogen) atoms. The summed E-state index contributed by atoms with van der Waals surface area (Å²) in [5.41, 5.74) is 0. The van der Waals surface area contributed by atoms with Crippen LogP contribution in [-0.4, -0.2) is 54.9 Å². The van der Waals surface area contributed by atoms with Crippen molar-refractivity contribution >= 4 is 5.78 Å². The molecule has 0 amide bonds. The van der Waals surface area contributed by atoms with Gasteiger partial charge in [0, 0.05) is 26.2 Å². The summed E-state index contributed by atoms with van der Waals surface area (Å²) < 4.78 is 5.09. The Kier molecular flexibility index (Phi) is 3.74. The Balaban J connectivity index is 1.81. The lowest BCUT2D eigenvalue weighted by molar-refractivity contribution is 0.0833. The molecule has 0 unspecified atom stereocenters. The van der Waals surface area contributed by atoms with Gasteiger partial charge in [0.05, 0.1) is 12.8 Å². The number of rotatable bonds is 4. The molecule has 4 heteroatoms. The molecule has 0 radical (unpaired) electrons. The molecule has 0 aromatic carbocycles. The molecular weight excluding hydrogens is 204 g/mol. The third-order valence-corrected chi connectivity index (χ3v) is 3.08. The largest absolute Gasteiger partial charge is 0.461 e. The maximum atomic E-state index is 11.8. The molecule has 1 aromatic heterocycles. The minimum Gasteiger partial charge on any atom is -0.461 e. The maximum absolute atomic E-state index is 11.8. The SMILES string of the molecule is CCN1CCN(CC(=O)c2ccco2)CC1. The highest BCUT2D eigenvalue weighted by Gasteiger charge is 2.19. The van der Waals surface area contributed by atoms with Gasteiger partial charge in [-0.3, -0.25) is 9.69 Å². The van der Waals surface area contributed by atoms with Crippen LogP contribution in [0.2, 0.25) is 0 Å². The lowest BCUT2D eigenvalue weighted by Gasteiger charge is -2.33. The van der Waals surface area contributed by atoms with Crippen molar-refractivity contribution < 1.29 is 9.21 Å². The van der Waals surface area contributed by atoms with Crippen LogP contribution in [0.1, 0.15) is 17.5 Å². The first kappa shape index (κ1) is 11.4. The van der Waals surface area contributed by atoms with Crippen molar-refractivity contribution in [3.63, 3.8) is 0 Å². The number of carbonyl (C=O) groups is 1. The van der Waals surface area contributed by atoms with Gasteiger partial charge in [0.15, 0.2) is 5.76 Å². The van der Waals surface area contributed by atoms with Crippen molar-refractivity contribution in [3.8, 4) is 0 Å². The molecule has 2 heterocycles. The Labute approximate surface area is 95.8 Å². The zero-order valence-corrected chi connectivity index (χ0v) is 9.69. The number of Topliss-reactive ketones (excluding diaryl/α,β-unsaturated/α-hetero) is 1. The minimum atomic E-state index is 0.0787. The summed E-state index contributed by atoms with van der Waals surface area (Å²) in [7, 11) is 0. The Morgan fingerprint density at radius 2 is 2.00 bits per heavy atom. The highest BCUT2D eigenvalue weighted by molar-refractivity contribution is 5.94. The van der Waals surface area contributed by atoms with E-state index in [2.05, 4.69) is 16.7 Å². The molecule has 0 aliphatic carbocycles. The van der Waals surface area contributed by atoms with Crippen LogP contribution in [0.15, 0.2) is 22.8 Å². The van der Waals surface area contributed by atoms with Gasteiger partial charge >= 0.3 is 0 Å². The van der Waals surface area contributed by atoms with Gasteiger partial charge in [0.1, 0.15) is 0 Å². The van der Waals surface area contributed by atoms with Gasteiger partial charge in [-0.2, -0.15) is 0 Å². The number of hydrogen-bond acceptors (Lipinski definition) is 4. The van der Waals surface area contributed by atoms with E-state index in [1.807, 2.05) is 0 Å². The molecule has 0 spiro atoms. The summed E-state index contributed by atoms with van der Waals surface area (Å²) in [4.78, 5) is 16.4. The molecule has 0 bridgehead atoms. The number of nitrogens with zero attached hydrogens (tertiary/aromatic N) is 2. The van der Waals surface area contributed by atoms with E-state index in [9.17, 15) is 4.79 Å². The van der Waals surface area contributed by atoms with Crippen LogP contribution in [0, 0.1) is 0 Å². The van der Waals surface area contributed by atoms with Crippen LogP contribution < -0.4 is 0 Å². The van der Waals surface area contributed by atoms with Gasteiger partial charge in [0.2, 0.25) is 5.78 Å². The topological polar surface area (TPSA) is 36.7 Å². The number of carbonyl (C=O) groups excluding carboxylic acids is 1. The highest BCUT2D eigenvalue weighted by atomic mass is 16.3. The predicted octanol–water partition coefficient (Wildman–Crippen LogP) is 1.10.